The second-order valence-corrected chi connectivity index (χ2v) is 7.98. The molecule has 140 valence electrons. The minimum Gasteiger partial charge on any atom is -0.444 e. The van der Waals surface area contributed by atoms with Crippen LogP contribution in [0, 0.1) is 0 Å². The lowest BCUT2D eigenvalue weighted by atomic mass is 10.0. The highest BCUT2D eigenvalue weighted by Gasteiger charge is 2.29. The first-order valence-corrected chi connectivity index (χ1v) is 9.09. The predicted octanol–water partition coefficient (Wildman–Crippen LogP) is 3.74. The molecule has 1 amide bonds. The first-order valence-electron chi connectivity index (χ1n) is 9.09. The van der Waals surface area contributed by atoms with Gasteiger partial charge in [-0.15, -0.1) is 0 Å². The summed E-state index contributed by atoms with van der Waals surface area (Å²) >= 11 is 0. The number of anilines is 2. The molecule has 2 rings (SSSR count). The summed E-state index contributed by atoms with van der Waals surface area (Å²) in [7, 11) is 2.08. The Hall–Kier alpha value is -1.98. The highest BCUT2D eigenvalue weighted by molar-refractivity contribution is 5.68. The lowest BCUT2D eigenvalue weighted by molar-refractivity contribution is 0.0205. The van der Waals surface area contributed by atoms with Crippen molar-refractivity contribution in [2.75, 3.05) is 30.4 Å². The fourth-order valence-electron chi connectivity index (χ4n) is 3.04. The number of ether oxygens (including phenoxy) is 1. The van der Waals surface area contributed by atoms with Crippen LogP contribution >= 0.6 is 0 Å². The molecular formula is C19H32N4O2. The van der Waals surface area contributed by atoms with Gasteiger partial charge in [0.15, 0.2) is 5.82 Å². The smallest absolute Gasteiger partial charge is 0.410 e. The number of nitrogens with zero attached hydrogens (tertiary/aromatic N) is 3. The Morgan fingerprint density at radius 1 is 1.36 bits per heavy atom. The Kier molecular flexibility index (Phi) is 6.14. The average molecular weight is 348 g/mol. The van der Waals surface area contributed by atoms with Crippen LogP contribution in [-0.2, 0) is 4.74 Å². The van der Waals surface area contributed by atoms with E-state index < -0.39 is 5.60 Å². The van der Waals surface area contributed by atoms with Crippen LogP contribution in [-0.4, -0.2) is 53.8 Å². The Bertz CT molecular complexity index is 575. The fraction of sp³-hybridized carbons (Fsp3) is 0.684. The van der Waals surface area contributed by atoms with Gasteiger partial charge in [-0.2, -0.15) is 0 Å². The van der Waals surface area contributed by atoms with Gasteiger partial charge in [-0.25, -0.2) is 9.78 Å². The van der Waals surface area contributed by atoms with Gasteiger partial charge in [0.2, 0.25) is 0 Å². The summed E-state index contributed by atoms with van der Waals surface area (Å²) in [6.07, 6.45) is 3.43. The third-order valence-electron chi connectivity index (χ3n) is 4.23. The van der Waals surface area contributed by atoms with E-state index in [0.29, 0.717) is 25.2 Å². The molecule has 1 fully saturated rings. The number of carbonyl (C=O) groups is 1. The molecule has 25 heavy (non-hydrogen) atoms. The topological polar surface area (TPSA) is 57.7 Å². The van der Waals surface area contributed by atoms with Crippen LogP contribution < -0.4 is 10.2 Å². The van der Waals surface area contributed by atoms with Gasteiger partial charge >= 0.3 is 6.09 Å². The Morgan fingerprint density at radius 2 is 2.00 bits per heavy atom. The zero-order valence-corrected chi connectivity index (χ0v) is 16.4. The van der Waals surface area contributed by atoms with Gasteiger partial charge in [0, 0.05) is 38.4 Å². The lowest BCUT2D eigenvalue weighted by Gasteiger charge is -2.38. The standard InChI is InChI=1S/C19H32N4O2/c1-14(2)21-16-8-7-11-20-17(16)22(6)15-9-12-23(13-10-15)18(24)25-19(3,4)5/h7-8,11,14-15,21H,9-10,12-13H2,1-6H3. The molecule has 6 heteroatoms. The molecule has 0 atom stereocenters. The van der Waals surface area contributed by atoms with Crippen molar-refractivity contribution in [3.63, 3.8) is 0 Å². The number of nitrogens with one attached hydrogen (secondary N) is 1. The van der Waals surface area contributed by atoms with E-state index in [9.17, 15) is 4.79 Å². The number of piperidine rings is 1. The van der Waals surface area contributed by atoms with Crippen molar-refractivity contribution in [3.8, 4) is 0 Å². The quantitative estimate of drug-likeness (QED) is 0.898. The molecule has 0 aromatic carbocycles. The number of hydrogen-bond donors (Lipinski definition) is 1. The van der Waals surface area contributed by atoms with Crippen LogP contribution in [0.4, 0.5) is 16.3 Å². The summed E-state index contributed by atoms with van der Waals surface area (Å²) < 4.78 is 5.47. The Morgan fingerprint density at radius 3 is 2.56 bits per heavy atom. The Balaban J connectivity index is 1.98. The number of rotatable bonds is 4. The van der Waals surface area contributed by atoms with E-state index in [4.69, 9.17) is 4.74 Å². The maximum Gasteiger partial charge on any atom is 0.410 e. The molecule has 0 radical (unpaired) electrons. The second-order valence-electron chi connectivity index (χ2n) is 7.98. The number of likely N-dealkylation sites (tertiary alicyclic amines) is 1. The molecule has 1 aliphatic heterocycles. The summed E-state index contributed by atoms with van der Waals surface area (Å²) in [5.41, 5.74) is 0.602. The summed E-state index contributed by atoms with van der Waals surface area (Å²) in [5, 5.41) is 3.46. The fourth-order valence-corrected chi connectivity index (χ4v) is 3.04. The van der Waals surface area contributed by atoms with Gasteiger partial charge < -0.3 is 19.9 Å². The van der Waals surface area contributed by atoms with Gasteiger partial charge in [0.1, 0.15) is 5.60 Å². The molecule has 1 aromatic heterocycles. The van der Waals surface area contributed by atoms with Gasteiger partial charge in [0.25, 0.3) is 0 Å². The maximum absolute atomic E-state index is 12.2. The molecule has 0 aliphatic carbocycles. The molecule has 6 nitrogen and oxygen atoms in total. The van der Waals surface area contributed by atoms with Crippen LogP contribution in [0.15, 0.2) is 18.3 Å². The van der Waals surface area contributed by atoms with Gasteiger partial charge in [-0.3, -0.25) is 0 Å². The number of amides is 1. The molecule has 0 saturated carbocycles. The van der Waals surface area contributed by atoms with Crippen molar-refractivity contribution in [1.82, 2.24) is 9.88 Å². The lowest BCUT2D eigenvalue weighted by Crippen LogP contribution is -2.47. The van der Waals surface area contributed by atoms with Crippen LogP contribution in [0.25, 0.3) is 0 Å². The molecule has 0 spiro atoms. The second kappa shape index (κ2) is 7.93. The van der Waals surface area contributed by atoms with E-state index in [2.05, 4.69) is 42.2 Å². The van der Waals surface area contributed by atoms with E-state index >= 15 is 0 Å². The molecule has 2 heterocycles. The van der Waals surface area contributed by atoms with Gasteiger partial charge in [-0.05, 0) is 59.6 Å². The molecular weight excluding hydrogens is 316 g/mol. The van der Waals surface area contributed by atoms with Crippen molar-refractivity contribution in [3.05, 3.63) is 18.3 Å². The minimum absolute atomic E-state index is 0.214. The Labute approximate surface area is 151 Å². The zero-order chi connectivity index (χ0) is 18.6. The average Bonchev–Trinajstić information content (AvgIpc) is 2.53. The summed E-state index contributed by atoms with van der Waals surface area (Å²) in [5.74, 6) is 0.965. The van der Waals surface area contributed by atoms with Crippen molar-refractivity contribution in [2.45, 2.75) is 65.1 Å². The largest absolute Gasteiger partial charge is 0.444 e. The number of pyridine rings is 1. The third-order valence-corrected chi connectivity index (χ3v) is 4.23. The molecule has 0 unspecified atom stereocenters. The predicted molar refractivity (Wildman–Crippen MR) is 102 cm³/mol. The van der Waals surface area contributed by atoms with E-state index in [1.54, 1.807) is 4.90 Å². The SMILES string of the molecule is CC(C)Nc1cccnc1N(C)C1CCN(C(=O)OC(C)(C)C)CC1. The third kappa shape index (κ3) is 5.51. The summed E-state index contributed by atoms with van der Waals surface area (Å²) in [6, 6.07) is 4.73. The maximum atomic E-state index is 12.2. The number of hydrogen-bond acceptors (Lipinski definition) is 5. The molecule has 1 aliphatic rings. The van der Waals surface area contributed by atoms with E-state index in [-0.39, 0.29) is 6.09 Å². The minimum atomic E-state index is -0.448. The summed E-state index contributed by atoms with van der Waals surface area (Å²) in [4.78, 5) is 20.8. The van der Waals surface area contributed by atoms with Gasteiger partial charge in [0.05, 0.1) is 5.69 Å². The highest BCUT2D eigenvalue weighted by atomic mass is 16.6. The molecule has 1 saturated heterocycles. The molecule has 0 bridgehead atoms. The zero-order valence-electron chi connectivity index (χ0n) is 16.4. The number of carbonyl (C=O) groups excluding carboxylic acids is 1. The van der Waals surface area contributed by atoms with Crippen molar-refractivity contribution < 1.29 is 9.53 Å². The van der Waals surface area contributed by atoms with Crippen LogP contribution in [0.5, 0.6) is 0 Å². The van der Waals surface area contributed by atoms with E-state index in [1.807, 2.05) is 33.0 Å². The highest BCUT2D eigenvalue weighted by Crippen LogP contribution is 2.27. The summed E-state index contributed by atoms with van der Waals surface area (Å²) in [6.45, 7) is 11.4. The molecule has 1 N–H and O–H groups in total. The van der Waals surface area contributed by atoms with Gasteiger partial charge in [-0.1, -0.05) is 0 Å². The normalized spacial score (nSPS) is 16.0. The van der Waals surface area contributed by atoms with Crippen molar-refractivity contribution in [1.29, 1.82) is 0 Å². The molecule has 1 aromatic rings. The van der Waals surface area contributed by atoms with Crippen molar-refractivity contribution in [2.24, 2.45) is 0 Å². The van der Waals surface area contributed by atoms with Crippen LogP contribution in [0.1, 0.15) is 47.5 Å². The van der Waals surface area contributed by atoms with E-state index in [1.165, 1.54) is 0 Å². The van der Waals surface area contributed by atoms with Crippen LogP contribution in [0.2, 0.25) is 0 Å². The monoisotopic (exact) mass is 348 g/mol. The van der Waals surface area contributed by atoms with Crippen molar-refractivity contribution >= 4 is 17.6 Å². The number of aromatic nitrogens is 1. The first-order chi connectivity index (χ1) is 11.7. The van der Waals surface area contributed by atoms with Crippen LogP contribution in [0.3, 0.4) is 0 Å². The van der Waals surface area contributed by atoms with E-state index in [0.717, 1.165) is 24.3 Å². The first kappa shape index (κ1) is 19.3.